The topological polar surface area (TPSA) is 0 Å². The van der Waals surface area contributed by atoms with E-state index in [0.717, 1.165) is 0 Å². The van der Waals surface area contributed by atoms with Crippen LogP contribution in [-0.4, -0.2) is 0 Å². The molecule has 0 radical (unpaired) electrons. The SMILES string of the molecule is Cc1c[cH-]c2ccccc12.[Cl-].[Cl-].[Zr+4].c1ccc2[cH-]ccc2c1. The number of halogens is 2. The maximum atomic E-state index is 2.16. The summed E-state index contributed by atoms with van der Waals surface area (Å²) in [6, 6.07) is 27.4. The van der Waals surface area contributed by atoms with Gasteiger partial charge in [0.2, 0.25) is 0 Å². The van der Waals surface area contributed by atoms with Gasteiger partial charge in [0.15, 0.2) is 0 Å². The van der Waals surface area contributed by atoms with Crippen molar-refractivity contribution in [2.24, 2.45) is 0 Å². The summed E-state index contributed by atoms with van der Waals surface area (Å²) < 4.78 is 0. The Kier molecular flexibility index (Phi) is 9.60. The summed E-state index contributed by atoms with van der Waals surface area (Å²) in [6.07, 6.45) is 0. The molecule has 0 saturated heterocycles. The minimum Gasteiger partial charge on any atom is -1.00 e. The molecule has 0 heterocycles. The third kappa shape index (κ3) is 4.81. The molecule has 4 aromatic rings. The first-order valence-corrected chi connectivity index (χ1v) is 6.56. The van der Waals surface area contributed by atoms with Gasteiger partial charge in [-0.1, -0.05) is 19.1 Å². The summed E-state index contributed by atoms with van der Waals surface area (Å²) in [5.74, 6) is 0. The molecule has 0 nitrogen and oxygen atoms in total. The molecule has 3 heteroatoms. The van der Waals surface area contributed by atoms with Crippen LogP contribution in [0.4, 0.5) is 0 Å². The first-order chi connectivity index (χ1) is 9.34. The molecule has 0 bridgehead atoms. The van der Waals surface area contributed by atoms with Crippen LogP contribution in [0.2, 0.25) is 0 Å². The first kappa shape index (κ1) is 21.1. The zero-order chi connectivity index (χ0) is 13.1. The van der Waals surface area contributed by atoms with Crippen molar-refractivity contribution >= 4 is 21.5 Å². The van der Waals surface area contributed by atoms with Crippen molar-refractivity contribution in [2.75, 3.05) is 0 Å². The minimum absolute atomic E-state index is 0. The van der Waals surface area contributed by atoms with E-state index in [9.17, 15) is 0 Å². The van der Waals surface area contributed by atoms with Gasteiger partial charge in [-0.25, -0.2) is 0 Å². The second-order valence-electron chi connectivity index (χ2n) is 4.76. The third-order valence-electron chi connectivity index (χ3n) is 3.45. The maximum Gasteiger partial charge on any atom is 4.00 e. The number of benzene rings is 2. The van der Waals surface area contributed by atoms with E-state index in [2.05, 4.69) is 85.8 Å². The molecule has 0 aromatic heterocycles. The molecular formula is C19H16Cl2Zr. The van der Waals surface area contributed by atoms with E-state index in [0.29, 0.717) is 0 Å². The molecule has 0 saturated carbocycles. The molecule has 0 aliphatic rings. The van der Waals surface area contributed by atoms with Crippen LogP contribution < -0.4 is 24.8 Å². The van der Waals surface area contributed by atoms with Crippen molar-refractivity contribution in [1.29, 1.82) is 0 Å². The molecule has 0 spiro atoms. The zero-order valence-corrected chi connectivity index (χ0v) is 16.2. The second kappa shape index (κ2) is 10.0. The largest absolute Gasteiger partial charge is 4.00 e. The van der Waals surface area contributed by atoms with Crippen LogP contribution in [-0.2, 0) is 26.2 Å². The Morgan fingerprint density at radius 3 is 2.05 bits per heavy atom. The molecule has 0 unspecified atom stereocenters. The van der Waals surface area contributed by atoms with Gasteiger partial charge in [-0.2, -0.15) is 29.1 Å². The predicted octanol–water partition coefficient (Wildman–Crippen LogP) is -0.569. The number of aryl methyl sites for hydroxylation is 1. The van der Waals surface area contributed by atoms with E-state index < -0.39 is 0 Å². The van der Waals surface area contributed by atoms with Gasteiger partial charge in [0, 0.05) is 0 Å². The van der Waals surface area contributed by atoms with Crippen molar-refractivity contribution in [3.05, 3.63) is 84.4 Å². The van der Waals surface area contributed by atoms with Crippen LogP contribution >= 0.6 is 0 Å². The summed E-state index contributed by atoms with van der Waals surface area (Å²) in [6.45, 7) is 2.14. The van der Waals surface area contributed by atoms with Crippen molar-refractivity contribution in [2.45, 2.75) is 6.92 Å². The Labute approximate surface area is 163 Å². The quantitative estimate of drug-likeness (QED) is 0.343. The monoisotopic (exact) mass is 404 g/mol. The van der Waals surface area contributed by atoms with Gasteiger partial charge in [-0.15, -0.1) is 64.7 Å². The van der Waals surface area contributed by atoms with Crippen LogP contribution in [0, 0.1) is 6.92 Å². The summed E-state index contributed by atoms with van der Waals surface area (Å²) in [7, 11) is 0. The normalized spacial score (nSPS) is 8.95. The molecule has 0 fully saturated rings. The average Bonchev–Trinajstić information content (AvgIpc) is 3.07. The average molecular weight is 406 g/mol. The molecule has 0 aliphatic carbocycles. The van der Waals surface area contributed by atoms with E-state index in [1.54, 1.807) is 0 Å². The molecule has 0 amide bonds. The van der Waals surface area contributed by atoms with Gasteiger partial charge >= 0.3 is 26.2 Å². The van der Waals surface area contributed by atoms with Crippen LogP contribution in [0.5, 0.6) is 0 Å². The number of hydrogen-bond donors (Lipinski definition) is 0. The molecular weight excluding hydrogens is 390 g/mol. The van der Waals surface area contributed by atoms with Crippen LogP contribution in [0.15, 0.2) is 78.9 Å². The van der Waals surface area contributed by atoms with E-state index in [1.165, 1.54) is 27.1 Å². The van der Waals surface area contributed by atoms with Gasteiger partial charge in [0.05, 0.1) is 0 Å². The van der Waals surface area contributed by atoms with Crippen molar-refractivity contribution < 1.29 is 51.0 Å². The zero-order valence-electron chi connectivity index (χ0n) is 12.3. The van der Waals surface area contributed by atoms with Gasteiger partial charge in [0.1, 0.15) is 0 Å². The van der Waals surface area contributed by atoms with Crippen molar-refractivity contribution in [3.63, 3.8) is 0 Å². The van der Waals surface area contributed by atoms with Crippen molar-refractivity contribution in [1.82, 2.24) is 0 Å². The molecule has 0 aliphatic heterocycles. The smallest absolute Gasteiger partial charge is 1.00 e. The number of fused-ring (bicyclic) bond motifs is 2. The molecule has 4 rings (SSSR count). The molecule has 0 N–H and O–H groups in total. The van der Waals surface area contributed by atoms with Crippen molar-refractivity contribution in [3.8, 4) is 0 Å². The van der Waals surface area contributed by atoms with E-state index in [1.807, 2.05) is 0 Å². The van der Waals surface area contributed by atoms with Crippen LogP contribution in [0.25, 0.3) is 21.5 Å². The maximum absolute atomic E-state index is 2.16. The molecule has 0 atom stereocenters. The summed E-state index contributed by atoms with van der Waals surface area (Å²) >= 11 is 0. The predicted molar refractivity (Wildman–Crippen MR) is 83.8 cm³/mol. The third-order valence-corrected chi connectivity index (χ3v) is 3.45. The van der Waals surface area contributed by atoms with E-state index in [4.69, 9.17) is 0 Å². The number of hydrogen-bond acceptors (Lipinski definition) is 0. The second-order valence-corrected chi connectivity index (χ2v) is 4.76. The summed E-state index contributed by atoms with van der Waals surface area (Å²) in [5.41, 5.74) is 1.37. The fourth-order valence-corrected chi connectivity index (χ4v) is 2.38. The molecule has 110 valence electrons. The number of rotatable bonds is 0. The first-order valence-electron chi connectivity index (χ1n) is 6.56. The van der Waals surface area contributed by atoms with Gasteiger partial charge in [-0.05, 0) is 0 Å². The van der Waals surface area contributed by atoms with Gasteiger partial charge in [0.25, 0.3) is 0 Å². The molecule has 4 aromatic carbocycles. The standard InChI is InChI=1S/C10H9.C9H7.2ClH.Zr/c1-8-6-7-9-4-2-3-5-10(8)9;1-2-5-9-7-3-6-8(9)4-1;;;/h2-7H,1H3;1-7H;2*1H;/q2*-1;;;+4/p-2. The summed E-state index contributed by atoms with van der Waals surface area (Å²) in [4.78, 5) is 0. The Balaban J connectivity index is 0.000000354. The Morgan fingerprint density at radius 2 is 1.36 bits per heavy atom. The molecule has 22 heavy (non-hydrogen) atoms. The Hall–Kier alpha value is -0.877. The fourth-order valence-electron chi connectivity index (χ4n) is 2.38. The van der Waals surface area contributed by atoms with Gasteiger partial charge < -0.3 is 24.8 Å². The van der Waals surface area contributed by atoms with E-state index >= 15 is 0 Å². The summed E-state index contributed by atoms with van der Waals surface area (Å²) in [5, 5.41) is 5.39. The fraction of sp³-hybridized carbons (Fsp3) is 0.0526. The minimum atomic E-state index is 0. The van der Waals surface area contributed by atoms with Crippen LogP contribution in [0.3, 0.4) is 0 Å². The van der Waals surface area contributed by atoms with E-state index in [-0.39, 0.29) is 51.0 Å². The van der Waals surface area contributed by atoms with Gasteiger partial charge in [-0.3, -0.25) is 0 Å². The Morgan fingerprint density at radius 1 is 0.727 bits per heavy atom. The van der Waals surface area contributed by atoms with Crippen LogP contribution in [0.1, 0.15) is 5.56 Å². The Bertz CT molecular complexity index is 769.